The van der Waals surface area contributed by atoms with Crippen LogP contribution in [0.25, 0.3) is 22.3 Å². The number of aldehydes is 1. The van der Waals surface area contributed by atoms with E-state index in [0.717, 1.165) is 0 Å². The molecule has 0 N–H and O–H groups in total. The average molecular weight is 466 g/mol. The lowest BCUT2D eigenvalue weighted by Gasteiger charge is -2.15. The predicted octanol–water partition coefficient (Wildman–Crippen LogP) is 8.15. The molecule has 0 aliphatic heterocycles. The second-order valence-electron chi connectivity index (χ2n) is 5.20. The van der Waals surface area contributed by atoms with E-state index in [9.17, 15) is 4.79 Å². The third kappa shape index (κ3) is 3.43. The first-order valence-corrected chi connectivity index (χ1v) is 9.34. The van der Waals surface area contributed by atoms with Crippen molar-refractivity contribution in [3.63, 3.8) is 0 Å². The zero-order valence-electron chi connectivity index (χ0n) is 12.7. The Kier molecular flexibility index (Phi) is 6.03. The topological polar surface area (TPSA) is 30.0 Å². The Hall–Kier alpha value is -1.000. The molecule has 0 amide bonds. The summed E-state index contributed by atoms with van der Waals surface area (Å²) in [4.78, 5) is 16.1. The molecular weight excluding hydrogens is 459 g/mol. The van der Waals surface area contributed by atoms with Crippen LogP contribution in [-0.4, -0.2) is 11.3 Å². The van der Waals surface area contributed by atoms with Crippen LogP contribution in [0.4, 0.5) is 0 Å². The minimum atomic E-state index is 0.213. The van der Waals surface area contributed by atoms with Crippen molar-refractivity contribution in [1.29, 1.82) is 0 Å². The number of nitrogens with zero attached hydrogens (tertiary/aromatic N) is 1. The van der Waals surface area contributed by atoms with Crippen molar-refractivity contribution in [2.45, 2.75) is 0 Å². The van der Waals surface area contributed by atoms with Crippen LogP contribution in [0.1, 0.15) is 10.4 Å². The van der Waals surface area contributed by atoms with Gasteiger partial charge in [-0.05, 0) is 24.3 Å². The van der Waals surface area contributed by atoms with Crippen LogP contribution in [0.3, 0.4) is 0 Å². The molecule has 0 spiro atoms. The maximum absolute atomic E-state index is 11.9. The standard InChI is InChI=1S/C18H7Cl6NO/c19-11-1-3-13(21)17(23)15(11)8-5-25-6-9(10(8)7-26)16-12(20)2-4-14(22)18(16)24/h1-7H. The molecule has 0 aliphatic carbocycles. The predicted molar refractivity (Wildman–Crippen MR) is 111 cm³/mol. The first-order valence-electron chi connectivity index (χ1n) is 7.07. The van der Waals surface area contributed by atoms with Gasteiger partial charge in [0.1, 0.15) is 0 Å². The lowest BCUT2D eigenvalue weighted by atomic mass is 9.95. The Morgan fingerprint density at radius 1 is 0.654 bits per heavy atom. The molecule has 8 heteroatoms. The summed E-state index contributed by atoms with van der Waals surface area (Å²) in [6, 6.07) is 6.31. The third-order valence-corrected chi connectivity index (χ3v) is 5.97. The molecule has 0 atom stereocenters. The summed E-state index contributed by atoms with van der Waals surface area (Å²) in [5, 5.41) is 1.67. The molecule has 0 unspecified atom stereocenters. The lowest BCUT2D eigenvalue weighted by molar-refractivity contribution is 0.112. The fraction of sp³-hybridized carbons (Fsp3) is 0. The smallest absolute Gasteiger partial charge is 0.151 e. The fourth-order valence-electron chi connectivity index (χ4n) is 2.54. The van der Waals surface area contributed by atoms with Gasteiger partial charge in [0.05, 0.1) is 30.1 Å². The number of rotatable bonds is 3. The van der Waals surface area contributed by atoms with Gasteiger partial charge in [0.25, 0.3) is 0 Å². The number of carbonyl (C=O) groups is 1. The van der Waals surface area contributed by atoms with E-state index in [2.05, 4.69) is 4.98 Å². The zero-order valence-corrected chi connectivity index (χ0v) is 17.2. The quantitative estimate of drug-likeness (QED) is 0.288. The summed E-state index contributed by atoms with van der Waals surface area (Å²) in [6.07, 6.45) is 3.61. The van der Waals surface area contributed by atoms with Gasteiger partial charge >= 0.3 is 0 Å². The van der Waals surface area contributed by atoms with Crippen molar-refractivity contribution in [2.75, 3.05) is 0 Å². The number of aromatic nitrogens is 1. The van der Waals surface area contributed by atoms with E-state index in [1.807, 2.05) is 0 Å². The molecule has 3 rings (SSSR count). The molecule has 1 heterocycles. The van der Waals surface area contributed by atoms with E-state index < -0.39 is 0 Å². The molecule has 132 valence electrons. The summed E-state index contributed by atoms with van der Waals surface area (Å²) in [7, 11) is 0. The summed E-state index contributed by atoms with van der Waals surface area (Å²) in [5.41, 5.74) is 1.86. The van der Waals surface area contributed by atoms with E-state index in [4.69, 9.17) is 69.6 Å². The maximum Gasteiger partial charge on any atom is 0.151 e. The summed E-state index contributed by atoms with van der Waals surface area (Å²) < 4.78 is 0. The maximum atomic E-state index is 11.9. The van der Waals surface area contributed by atoms with Gasteiger partial charge in [-0.3, -0.25) is 9.78 Å². The number of carbonyl (C=O) groups excluding carboxylic acids is 1. The minimum Gasteiger partial charge on any atom is -0.298 e. The van der Waals surface area contributed by atoms with Crippen LogP contribution in [0, 0.1) is 0 Å². The molecule has 1 aromatic heterocycles. The van der Waals surface area contributed by atoms with Gasteiger partial charge in [-0.1, -0.05) is 69.6 Å². The fourth-order valence-corrected chi connectivity index (χ4v) is 4.01. The van der Waals surface area contributed by atoms with Gasteiger partial charge in [0.2, 0.25) is 0 Å². The second kappa shape index (κ2) is 7.93. The summed E-state index contributed by atoms with van der Waals surface area (Å²) in [6.45, 7) is 0. The summed E-state index contributed by atoms with van der Waals surface area (Å²) >= 11 is 37.4. The Morgan fingerprint density at radius 3 is 1.42 bits per heavy atom. The minimum absolute atomic E-state index is 0.213. The molecule has 0 radical (unpaired) electrons. The van der Waals surface area contributed by atoms with Gasteiger partial charge in [0.15, 0.2) is 6.29 Å². The molecule has 26 heavy (non-hydrogen) atoms. The van der Waals surface area contributed by atoms with Gasteiger partial charge in [-0.2, -0.15) is 0 Å². The van der Waals surface area contributed by atoms with Crippen molar-refractivity contribution in [3.8, 4) is 22.3 Å². The highest BCUT2D eigenvalue weighted by atomic mass is 35.5. The average Bonchev–Trinajstić information content (AvgIpc) is 2.62. The van der Waals surface area contributed by atoms with Crippen molar-refractivity contribution in [1.82, 2.24) is 4.98 Å². The molecule has 0 fully saturated rings. The van der Waals surface area contributed by atoms with Crippen LogP contribution in [0.5, 0.6) is 0 Å². The van der Waals surface area contributed by atoms with E-state index in [-0.39, 0.29) is 15.6 Å². The Balaban J connectivity index is 2.39. The highest BCUT2D eigenvalue weighted by Crippen LogP contribution is 2.45. The van der Waals surface area contributed by atoms with Gasteiger partial charge in [-0.25, -0.2) is 0 Å². The number of hydrogen-bond acceptors (Lipinski definition) is 2. The van der Waals surface area contributed by atoms with Crippen LogP contribution in [0.2, 0.25) is 30.1 Å². The normalized spacial score (nSPS) is 10.8. The number of benzene rings is 2. The molecule has 0 aliphatic rings. The Labute approximate surface area is 179 Å². The van der Waals surface area contributed by atoms with Crippen molar-refractivity contribution < 1.29 is 4.79 Å². The second-order valence-corrected chi connectivity index (χ2v) is 7.59. The van der Waals surface area contributed by atoms with E-state index >= 15 is 0 Å². The van der Waals surface area contributed by atoms with Crippen molar-refractivity contribution in [3.05, 3.63) is 72.4 Å². The number of pyridine rings is 1. The number of halogens is 6. The third-order valence-electron chi connectivity index (χ3n) is 3.73. The summed E-state index contributed by atoms with van der Waals surface area (Å²) in [5.74, 6) is 0. The highest BCUT2D eigenvalue weighted by Gasteiger charge is 2.21. The van der Waals surface area contributed by atoms with Gasteiger partial charge in [-0.15, -0.1) is 0 Å². The van der Waals surface area contributed by atoms with E-state index in [1.54, 1.807) is 24.3 Å². The first-order chi connectivity index (χ1) is 12.4. The van der Waals surface area contributed by atoms with Gasteiger partial charge < -0.3 is 0 Å². The monoisotopic (exact) mass is 463 g/mol. The van der Waals surface area contributed by atoms with E-state index in [0.29, 0.717) is 48.6 Å². The highest BCUT2D eigenvalue weighted by molar-refractivity contribution is 6.47. The largest absolute Gasteiger partial charge is 0.298 e. The first kappa shape index (κ1) is 19.8. The van der Waals surface area contributed by atoms with Crippen LogP contribution in [-0.2, 0) is 0 Å². The molecule has 0 saturated heterocycles. The lowest BCUT2D eigenvalue weighted by Crippen LogP contribution is -1.97. The van der Waals surface area contributed by atoms with Crippen molar-refractivity contribution in [2.24, 2.45) is 0 Å². The van der Waals surface area contributed by atoms with Crippen LogP contribution >= 0.6 is 69.6 Å². The van der Waals surface area contributed by atoms with Crippen LogP contribution in [0.15, 0.2) is 36.7 Å². The Morgan fingerprint density at radius 2 is 1.04 bits per heavy atom. The number of hydrogen-bond donors (Lipinski definition) is 0. The molecule has 2 nitrogen and oxygen atoms in total. The SMILES string of the molecule is O=Cc1c(-c2c(Cl)ccc(Cl)c2Cl)cncc1-c1c(Cl)ccc(Cl)c1Cl. The Bertz CT molecular complexity index is 959. The molecule has 0 saturated carbocycles. The van der Waals surface area contributed by atoms with E-state index in [1.165, 1.54) is 12.4 Å². The van der Waals surface area contributed by atoms with Crippen LogP contribution < -0.4 is 0 Å². The molecule has 3 aromatic rings. The van der Waals surface area contributed by atoms with Gasteiger partial charge in [0, 0.05) is 40.2 Å². The molecular formula is C18H7Cl6NO. The molecule has 2 aromatic carbocycles. The molecule has 0 bridgehead atoms. The zero-order chi connectivity index (χ0) is 19.0. The van der Waals surface area contributed by atoms with Crippen molar-refractivity contribution >= 4 is 75.9 Å².